The molecule has 0 aromatic heterocycles. The van der Waals surface area contributed by atoms with Crippen LogP contribution >= 0.6 is 0 Å². The van der Waals surface area contributed by atoms with E-state index >= 15 is 0 Å². The predicted octanol–water partition coefficient (Wildman–Crippen LogP) is 0.509. The molecule has 0 saturated carbocycles. The monoisotopic (exact) mass is 127 g/mol. The number of nitrogens with one attached hydrogen (secondary N) is 2. The first-order valence-electron chi connectivity index (χ1n) is 2.02. The Morgan fingerprint density at radius 1 is 1.78 bits per heavy atom. The first kappa shape index (κ1) is 7.52. The quantitative estimate of drug-likeness (QED) is 0.321. The molecule has 5 heteroatoms. The van der Waals surface area contributed by atoms with E-state index in [1.165, 1.54) is 7.11 Å². The van der Waals surface area contributed by atoms with Crippen molar-refractivity contribution in [1.82, 2.24) is 0 Å². The summed E-state index contributed by atoms with van der Waals surface area (Å²) in [6.45, 7) is 0. The number of ether oxygens (including phenoxy) is 1. The fourth-order valence-corrected chi connectivity index (χ4v) is 0.218. The standard InChI is InChI=1S/C4H5N3O2/c1-9-4(6)3(2-5)7-8/h5-6H,1H3. The molecule has 0 aromatic rings. The summed E-state index contributed by atoms with van der Waals surface area (Å²) in [7, 11) is 1.21. The summed E-state index contributed by atoms with van der Waals surface area (Å²) in [4.78, 5) is 9.65. The molecule has 0 unspecified atom stereocenters. The van der Waals surface area contributed by atoms with Crippen LogP contribution < -0.4 is 0 Å². The molecule has 0 rings (SSSR count). The Kier molecular flexibility index (Phi) is 2.94. The van der Waals surface area contributed by atoms with E-state index in [4.69, 9.17) is 10.8 Å². The SMILES string of the molecule is COC(=N)C(=C=N)N=O. The third-order valence-electron chi connectivity index (χ3n) is 0.629. The van der Waals surface area contributed by atoms with Gasteiger partial charge in [0.1, 0.15) is 0 Å². The molecule has 0 aliphatic rings. The smallest absolute Gasteiger partial charge is 0.245 e. The number of nitrogens with zero attached hydrogens (tertiary/aromatic N) is 1. The van der Waals surface area contributed by atoms with Gasteiger partial charge in [0.15, 0.2) is 0 Å². The van der Waals surface area contributed by atoms with Crippen LogP contribution in [0, 0.1) is 15.7 Å². The molecule has 0 aliphatic heterocycles. The van der Waals surface area contributed by atoms with Gasteiger partial charge < -0.3 is 4.74 Å². The molecule has 2 N–H and O–H groups in total. The summed E-state index contributed by atoms with van der Waals surface area (Å²) in [6.07, 6.45) is 0. The summed E-state index contributed by atoms with van der Waals surface area (Å²) in [5.41, 5.74) is -0.433. The van der Waals surface area contributed by atoms with Gasteiger partial charge in [-0.2, -0.15) is 0 Å². The molecule has 9 heavy (non-hydrogen) atoms. The highest BCUT2D eigenvalue weighted by Gasteiger charge is 2.02. The molecule has 0 aliphatic carbocycles. The van der Waals surface area contributed by atoms with Crippen LogP contribution in [-0.2, 0) is 4.74 Å². The van der Waals surface area contributed by atoms with Crippen LogP contribution in [-0.4, -0.2) is 18.9 Å². The third kappa shape index (κ3) is 1.84. The molecule has 0 fully saturated rings. The molecular weight excluding hydrogens is 122 g/mol. The minimum absolute atomic E-state index is 0.433. The number of hydrogen-bond donors (Lipinski definition) is 2. The lowest BCUT2D eigenvalue weighted by molar-refractivity contribution is 0.400. The van der Waals surface area contributed by atoms with Crippen molar-refractivity contribution in [3.63, 3.8) is 0 Å². The van der Waals surface area contributed by atoms with Crippen molar-refractivity contribution in [3.8, 4) is 0 Å². The molecule has 0 heterocycles. The van der Waals surface area contributed by atoms with E-state index in [1.54, 1.807) is 5.87 Å². The Morgan fingerprint density at radius 2 is 2.33 bits per heavy atom. The van der Waals surface area contributed by atoms with Crippen molar-refractivity contribution < 1.29 is 4.74 Å². The van der Waals surface area contributed by atoms with Crippen LogP contribution in [0.3, 0.4) is 0 Å². The highest BCUT2D eigenvalue weighted by molar-refractivity contribution is 5.98. The van der Waals surface area contributed by atoms with Gasteiger partial charge in [-0.25, -0.2) is 0 Å². The minimum Gasteiger partial charge on any atom is -0.479 e. The van der Waals surface area contributed by atoms with Gasteiger partial charge in [0.2, 0.25) is 11.6 Å². The van der Waals surface area contributed by atoms with Gasteiger partial charge in [-0.3, -0.25) is 10.8 Å². The van der Waals surface area contributed by atoms with Crippen LogP contribution in [0.25, 0.3) is 0 Å². The van der Waals surface area contributed by atoms with E-state index in [9.17, 15) is 4.91 Å². The van der Waals surface area contributed by atoms with Crippen molar-refractivity contribution in [1.29, 1.82) is 10.8 Å². The van der Waals surface area contributed by atoms with Gasteiger partial charge in [-0.15, -0.1) is 4.91 Å². The van der Waals surface area contributed by atoms with E-state index in [0.29, 0.717) is 0 Å². The predicted molar refractivity (Wildman–Crippen MR) is 31.8 cm³/mol. The fraction of sp³-hybridized carbons (Fsp3) is 0.250. The number of rotatable bonds is 2. The molecule has 0 saturated heterocycles. The number of methoxy groups -OCH3 is 1. The number of hydrogen-bond acceptors (Lipinski definition) is 5. The molecule has 0 bridgehead atoms. The lowest BCUT2D eigenvalue weighted by atomic mass is 10.5. The van der Waals surface area contributed by atoms with Crippen LogP contribution in [0.5, 0.6) is 0 Å². The average molecular weight is 127 g/mol. The Bertz CT molecular complexity index is 180. The van der Waals surface area contributed by atoms with Gasteiger partial charge in [-0.05, 0) is 5.18 Å². The van der Waals surface area contributed by atoms with E-state index in [0.717, 1.165) is 0 Å². The van der Waals surface area contributed by atoms with E-state index < -0.39 is 11.6 Å². The van der Waals surface area contributed by atoms with Gasteiger partial charge in [-0.1, -0.05) is 0 Å². The van der Waals surface area contributed by atoms with Gasteiger partial charge in [0.05, 0.1) is 7.11 Å². The van der Waals surface area contributed by atoms with Gasteiger partial charge >= 0.3 is 0 Å². The summed E-state index contributed by atoms with van der Waals surface area (Å²) >= 11 is 0. The highest BCUT2D eigenvalue weighted by Crippen LogP contribution is 1.91. The van der Waals surface area contributed by atoms with Gasteiger partial charge in [0.25, 0.3) is 0 Å². The molecule has 5 nitrogen and oxygen atoms in total. The second-order valence-electron chi connectivity index (χ2n) is 1.10. The zero-order chi connectivity index (χ0) is 7.28. The molecule has 0 atom stereocenters. The zero-order valence-corrected chi connectivity index (χ0v) is 4.76. The van der Waals surface area contributed by atoms with E-state index in [1.807, 2.05) is 0 Å². The Morgan fingerprint density at radius 3 is 2.44 bits per heavy atom. The van der Waals surface area contributed by atoms with E-state index in [-0.39, 0.29) is 0 Å². The summed E-state index contributed by atoms with van der Waals surface area (Å²) in [6, 6.07) is 0. The summed E-state index contributed by atoms with van der Waals surface area (Å²) < 4.78 is 4.26. The maximum atomic E-state index is 9.65. The lowest BCUT2D eigenvalue weighted by Gasteiger charge is -1.92. The molecule has 0 aromatic carbocycles. The lowest BCUT2D eigenvalue weighted by Crippen LogP contribution is -2.00. The van der Waals surface area contributed by atoms with Crippen LogP contribution in [0.4, 0.5) is 0 Å². The Hall–Kier alpha value is -1.48. The first-order valence-corrected chi connectivity index (χ1v) is 2.02. The zero-order valence-electron chi connectivity index (χ0n) is 4.76. The Labute approximate surface area is 51.3 Å². The Balaban J connectivity index is 4.32. The van der Waals surface area contributed by atoms with E-state index in [2.05, 4.69) is 9.91 Å². The third-order valence-corrected chi connectivity index (χ3v) is 0.629. The van der Waals surface area contributed by atoms with Crippen molar-refractivity contribution in [3.05, 3.63) is 10.6 Å². The summed E-state index contributed by atoms with van der Waals surface area (Å²) in [5, 5.41) is 15.4. The molecule has 0 amide bonds. The summed E-state index contributed by atoms with van der Waals surface area (Å²) in [5.74, 6) is 1.20. The largest absolute Gasteiger partial charge is 0.479 e. The van der Waals surface area contributed by atoms with Crippen LogP contribution in [0.1, 0.15) is 0 Å². The molecule has 48 valence electrons. The number of nitroso groups, excluding NO2 is 1. The molecular formula is C4H5N3O2. The van der Waals surface area contributed by atoms with Crippen molar-refractivity contribution in [2.24, 2.45) is 5.18 Å². The second-order valence-corrected chi connectivity index (χ2v) is 1.10. The van der Waals surface area contributed by atoms with Gasteiger partial charge in [0, 0.05) is 5.87 Å². The topological polar surface area (TPSA) is 86.4 Å². The van der Waals surface area contributed by atoms with Crippen molar-refractivity contribution in [2.75, 3.05) is 7.11 Å². The maximum absolute atomic E-state index is 9.65. The van der Waals surface area contributed by atoms with Crippen molar-refractivity contribution in [2.45, 2.75) is 0 Å². The second kappa shape index (κ2) is 3.51. The maximum Gasteiger partial charge on any atom is 0.245 e. The van der Waals surface area contributed by atoms with Crippen molar-refractivity contribution >= 4 is 11.8 Å². The van der Waals surface area contributed by atoms with Crippen LogP contribution in [0.15, 0.2) is 10.9 Å². The molecule has 0 spiro atoms. The highest BCUT2D eigenvalue weighted by atomic mass is 16.5. The normalized spacial score (nSPS) is 7.22. The molecule has 0 radical (unpaired) electrons. The van der Waals surface area contributed by atoms with Crippen LogP contribution in [0.2, 0.25) is 0 Å². The fourth-order valence-electron chi connectivity index (χ4n) is 0.218. The average Bonchev–Trinajstić information content (AvgIpc) is 1.90. The first-order chi connectivity index (χ1) is 4.26. The minimum atomic E-state index is -0.444.